The number of aromatic nitrogens is 4. The third-order valence-corrected chi connectivity index (χ3v) is 7.38. The molecule has 0 spiro atoms. The van der Waals surface area contributed by atoms with Gasteiger partial charge in [-0.1, -0.05) is 0 Å². The van der Waals surface area contributed by atoms with Gasteiger partial charge in [0.05, 0.1) is 35.5 Å². The van der Waals surface area contributed by atoms with E-state index in [2.05, 4.69) is 29.8 Å². The second-order valence-corrected chi connectivity index (χ2v) is 11.7. The Balaban J connectivity index is 0.000000493. The average Bonchev–Trinajstić information content (AvgIpc) is 3.54. The molecule has 0 amide bonds. The summed E-state index contributed by atoms with van der Waals surface area (Å²) in [5, 5.41) is 3.76. The van der Waals surface area contributed by atoms with Crippen LogP contribution in [0.4, 0.5) is 31.8 Å². The molecule has 0 atom stereocenters. The molecule has 0 bridgehead atoms. The highest BCUT2D eigenvalue weighted by Gasteiger charge is 2.24. The lowest BCUT2D eigenvalue weighted by molar-refractivity contribution is -0.138. The molecule has 0 unspecified atom stereocenters. The van der Waals surface area contributed by atoms with Gasteiger partial charge in [0.25, 0.3) is 6.47 Å². The first-order valence-corrected chi connectivity index (χ1v) is 14.7. The minimum Gasteiger partial charge on any atom is -0.462 e. The minimum absolute atomic E-state index is 0.252. The van der Waals surface area contributed by atoms with Gasteiger partial charge in [0.15, 0.2) is 0 Å². The van der Waals surface area contributed by atoms with Crippen molar-refractivity contribution in [3.63, 3.8) is 0 Å². The Labute approximate surface area is 255 Å². The van der Waals surface area contributed by atoms with Crippen molar-refractivity contribution in [3.8, 4) is 11.1 Å². The molecule has 44 heavy (non-hydrogen) atoms. The first-order chi connectivity index (χ1) is 21.1. The molecule has 0 saturated carbocycles. The van der Waals surface area contributed by atoms with Crippen LogP contribution >= 0.6 is 0 Å². The third kappa shape index (κ3) is 7.19. The summed E-state index contributed by atoms with van der Waals surface area (Å²) < 4.78 is 39.6. The number of nitrogens with zero attached hydrogens (tertiary/aromatic N) is 6. The van der Waals surface area contributed by atoms with Gasteiger partial charge in [0.1, 0.15) is 35.2 Å². The van der Waals surface area contributed by atoms with E-state index in [0.717, 1.165) is 79.1 Å². The maximum absolute atomic E-state index is 15.3. The Morgan fingerprint density at radius 3 is 2.32 bits per heavy atom. The predicted molar refractivity (Wildman–Crippen MR) is 166 cm³/mol. The monoisotopic (exact) mass is 605 g/mol. The fourth-order valence-electron chi connectivity index (χ4n) is 5.25. The van der Waals surface area contributed by atoms with Crippen molar-refractivity contribution in [2.24, 2.45) is 0 Å². The molecule has 2 saturated heterocycles. The second kappa shape index (κ2) is 13.5. The average molecular weight is 606 g/mol. The molecule has 6 rings (SSSR count). The maximum Gasteiger partial charge on any atom is 0.293 e. The number of hydrogen-bond donors (Lipinski definition) is 1. The van der Waals surface area contributed by atoms with Crippen molar-refractivity contribution >= 4 is 40.4 Å². The summed E-state index contributed by atoms with van der Waals surface area (Å²) in [6, 6.07) is 4.15. The molecule has 0 aliphatic carbocycles. The van der Waals surface area contributed by atoms with E-state index < -0.39 is 11.6 Å². The summed E-state index contributed by atoms with van der Waals surface area (Å²) in [7, 11) is 0. The van der Waals surface area contributed by atoms with Gasteiger partial charge < -0.3 is 24.6 Å². The van der Waals surface area contributed by atoms with E-state index in [1.165, 1.54) is 12.4 Å². The van der Waals surface area contributed by atoms with E-state index in [0.29, 0.717) is 25.4 Å². The van der Waals surface area contributed by atoms with E-state index >= 15 is 4.39 Å². The zero-order chi connectivity index (χ0) is 31.3. The van der Waals surface area contributed by atoms with Crippen molar-refractivity contribution in [2.75, 3.05) is 54.5 Å². The Morgan fingerprint density at radius 2 is 1.68 bits per heavy atom. The quantitative estimate of drug-likeness (QED) is 0.271. The topological polar surface area (TPSA) is 106 Å². The second-order valence-electron chi connectivity index (χ2n) is 11.7. The Hall–Kier alpha value is -4.45. The van der Waals surface area contributed by atoms with Crippen LogP contribution in [0.1, 0.15) is 39.2 Å². The number of nitrogens with one attached hydrogen (secondary N) is 1. The van der Waals surface area contributed by atoms with Crippen molar-refractivity contribution in [1.82, 2.24) is 19.9 Å². The number of carbonyl (C=O) groups excluding carboxylic acids is 1. The van der Waals surface area contributed by atoms with Crippen molar-refractivity contribution in [1.29, 1.82) is 0 Å². The molecule has 10 nitrogen and oxygen atoms in total. The molecule has 2 aliphatic heterocycles. The van der Waals surface area contributed by atoms with E-state index in [1.807, 2.05) is 33.8 Å². The number of ether oxygens (including phenoxy) is 2. The van der Waals surface area contributed by atoms with E-state index in [9.17, 15) is 9.18 Å². The van der Waals surface area contributed by atoms with Crippen molar-refractivity contribution in [2.45, 2.75) is 46.1 Å². The van der Waals surface area contributed by atoms with Crippen molar-refractivity contribution in [3.05, 3.63) is 60.3 Å². The predicted octanol–water partition coefficient (Wildman–Crippen LogP) is 5.81. The minimum atomic E-state index is -0.659. The van der Waals surface area contributed by atoms with Crippen LogP contribution in [0.3, 0.4) is 0 Å². The number of rotatable bonds is 6. The largest absolute Gasteiger partial charge is 0.462 e. The number of benzene rings is 1. The molecule has 0 radical (unpaired) electrons. The van der Waals surface area contributed by atoms with E-state index in [1.54, 1.807) is 18.6 Å². The highest BCUT2D eigenvalue weighted by Crippen LogP contribution is 2.40. The normalized spacial score (nSPS) is 15.1. The molecular formula is C32H37F2N7O3. The van der Waals surface area contributed by atoms with Crippen LogP contribution in [-0.4, -0.2) is 71.4 Å². The Morgan fingerprint density at radius 1 is 0.977 bits per heavy atom. The van der Waals surface area contributed by atoms with Gasteiger partial charge in [0, 0.05) is 79.7 Å². The number of anilines is 4. The van der Waals surface area contributed by atoms with Crippen molar-refractivity contribution < 1.29 is 23.0 Å². The zero-order valence-corrected chi connectivity index (χ0v) is 25.4. The number of fused-ring (bicyclic) bond motifs is 1. The van der Waals surface area contributed by atoms with Gasteiger partial charge in [-0.3, -0.25) is 4.79 Å². The fourth-order valence-corrected chi connectivity index (χ4v) is 5.25. The molecule has 1 aromatic carbocycles. The number of halogens is 2. The summed E-state index contributed by atoms with van der Waals surface area (Å²) in [6.45, 7) is 12.3. The van der Waals surface area contributed by atoms with Gasteiger partial charge in [-0.25, -0.2) is 28.7 Å². The number of pyridine rings is 2. The summed E-state index contributed by atoms with van der Waals surface area (Å²) in [5.41, 5.74) is 3.58. The van der Waals surface area contributed by atoms with Crippen LogP contribution in [0.2, 0.25) is 0 Å². The van der Waals surface area contributed by atoms with Gasteiger partial charge in [-0.15, -0.1) is 0 Å². The lowest BCUT2D eigenvalue weighted by Crippen LogP contribution is -2.36. The first-order valence-electron chi connectivity index (χ1n) is 14.7. The lowest BCUT2D eigenvalue weighted by atomic mass is 10.1. The molecule has 232 valence electrons. The Bertz CT molecular complexity index is 1600. The smallest absolute Gasteiger partial charge is 0.293 e. The highest BCUT2D eigenvalue weighted by molar-refractivity contribution is 5.99. The molecule has 3 aromatic heterocycles. The standard InChI is InChI=1S/C27H27F2N7O.C5H10O2/c1-17-26(25-21(29)10-19(28)11-23(25)34-27(17)36-4-2-3-5-36)33-22-12-24(35-6-8-37-9-7-35)32-15-20(22)18-13-30-16-31-14-18;1-5(2,3)7-4-6/h10-16H,2-9H2,1H3,(H,32,33,34);4H,1-3H3. The van der Waals surface area contributed by atoms with Gasteiger partial charge in [0.2, 0.25) is 0 Å². The number of morpholine rings is 1. The number of hydrogen-bond acceptors (Lipinski definition) is 10. The summed E-state index contributed by atoms with van der Waals surface area (Å²) >= 11 is 0. The fraction of sp³-hybridized carbons (Fsp3) is 0.406. The highest BCUT2D eigenvalue weighted by atomic mass is 19.1. The molecule has 5 heterocycles. The van der Waals surface area contributed by atoms with E-state index in [4.69, 9.17) is 14.7 Å². The van der Waals surface area contributed by atoms with Gasteiger partial charge >= 0.3 is 0 Å². The van der Waals surface area contributed by atoms with Gasteiger partial charge in [-0.05, 0) is 40.5 Å². The van der Waals surface area contributed by atoms with Crippen LogP contribution in [0.25, 0.3) is 22.0 Å². The van der Waals surface area contributed by atoms with E-state index in [-0.39, 0.29) is 16.5 Å². The van der Waals surface area contributed by atoms with Crippen LogP contribution in [0.5, 0.6) is 0 Å². The lowest BCUT2D eigenvalue weighted by Gasteiger charge is -2.29. The Kier molecular flexibility index (Phi) is 9.48. The van der Waals surface area contributed by atoms with Gasteiger partial charge in [-0.2, -0.15) is 0 Å². The van der Waals surface area contributed by atoms with Crippen LogP contribution in [-0.2, 0) is 14.3 Å². The first kappa shape index (κ1) is 31.0. The van der Waals surface area contributed by atoms with Crippen LogP contribution in [0.15, 0.2) is 43.1 Å². The SMILES string of the molecule is CC(C)(C)OC=O.Cc1c(N2CCCC2)nc2cc(F)cc(F)c2c1Nc1cc(N2CCOCC2)ncc1-c1cncnc1. The molecule has 1 N–H and O–H groups in total. The summed E-state index contributed by atoms with van der Waals surface area (Å²) in [4.78, 5) is 31.7. The molecule has 2 fully saturated rings. The molecule has 4 aromatic rings. The zero-order valence-electron chi connectivity index (χ0n) is 25.4. The third-order valence-electron chi connectivity index (χ3n) is 7.38. The summed E-state index contributed by atoms with van der Waals surface area (Å²) in [6.07, 6.45) is 8.80. The van der Waals surface area contributed by atoms with Crippen LogP contribution in [0, 0.1) is 18.6 Å². The molecule has 2 aliphatic rings. The molecular weight excluding hydrogens is 568 g/mol. The maximum atomic E-state index is 15.3. The summed E-state index contributed by atoms with van der Waals surface area (Å²) in [5.74, 6) is 0.215. The molecule has 12 heteroatoms. The number of carbonyl (C=O) groups is 1. The van der Waals surface area contributed by atoms with Crippen LogP contribution < -0.4 is 15.1 Å².